The van der Waals surface area contributed by atoms with Crippen LogP contribution >= 0.6 is 0 Å². The van der Waals surface area contributed by atoms with Gasteiger partial charge in [-0.05, 0) is 19.1 Å². The Kier molecular flexibility index (Phi) is 2.99. The van der Waals surface area contributed by atoms with Crippen LogP contribution in [-0.2, 0) is 4.79 Å². The SMILES string of the molecule is CCN1CC(=O)N(c2ccccc2OC)C1=O. The van der Waals surface area contributed by atoms with E-state index in [-0.39, 0.29) is 18.5 Å². The molecular formula is C12H14N2O3. The molecule has 90 valence electrons. The van der Waals surface area contributed by atoms with E-state index in [1.807, 2.05) is 6.92 Å². The van der Waals surface area contributed by atoms with E-state index in [0.29, 0.717) is 18.0 Å². The molecule has 0 aromatic heterocycles. The van der Waals surface area contributed by atoms with Crippen molar-refractivity contribution in [2.75, 3.05) is 25.1 Å². The van der Waals surface area contributed by atoms with Gasteiger partial charge in [0.15, 0.2) is 0 Å². The van der Waals surface area contributed by atoms with E-state index in [2.05, 4.69) is 0 Å². The molecule has 0 bridgehead atoms. The number of carbonyl (C=O) groups excluding carboxylic acids is 2. The van der Waals surface area contributed by atoms with Gasteiger partial charge >= 0.3 is 6.03 Å². The number of anilines is 1. The van der Waals surface area contributed by atoms with Crippen molar-refractivity contribution < 1.29 is 14.3 Å². The molecule has 0 unspecified atom stereocenters. The number of methoxy groups -OCH3 is 1. The van der Waals surface area contributed by atoms with Gasteiger partial charge in [0.2, 0.25) is 0 Å². The van der Waals surface area contributed by atoms with Crippen LogP contribution in [0.4, 0.5) is 10.5 Å². The topological polar surface area (TPSA) is 49.9 Å². The molecule has 3 amide bonds. The molecule has 1 saturated heterocycles. The fourth-order valence-corrected chi connectivity index (χ4v) is 1.85. The van der Waals surface area contributed by atoms with Crippen LogP contribution in [0.1, 0.15) is 6.92 Å². The summed E-state index contributed by atoms with van der Waals surface area (Å²) in [4.78, 5) is 26.5. The van der Waals surface area contributed by atoms with E-state index < -0.39 is 0 Å². The summed E-state index contributed by atoms with van der Waals surface area (Å²) in [6.45, 7) is 2.50. The average Bonchev–Trinajstić information content (AvgIpc) is 2.64. The van der Waals surface area contributed by atoms with Crippen molar-refractivity contribution in [2.24, 2.45) is 0 Å². The molecule has 0 atom stereocenters. The van der Waals surface area contributed by atoms with Crippen molar-refractivity contribution in [2.45, 2.75) is 6.92 Å². The third kappa shape index (κ3) is 1.84. The quantitative estimate of drug-likeness (QED) is 0.744. The number of likely N-dealkylation sites (N-methyl/N-ethyl adjacent to an activating group) is 1. The first kappa shape index (κ1) is 11.4. The van der Waals surface area contributed by atoms with E-state index >= 15 is 0 Å². The van der Waals surface area contributed by atoms with Crippen molar-refractivity contribution in [3.63, 3.8) is 0 Å². The Labute approximate surface area is 99.6 Å². The molecule has 0 aliphatic carbocycles. The van der Waals surface area contributed by atoms with Gasteiger partial charge in [-0.25, -0.2) is 9.69 Å². The Hall–Kier alpha value is -2.04. The predicted molar refractivity (Wildman–Crippen MR) is 63.1 cm³/mol. The Morgan fingerprint density at radius 3 is 2.59 bits per heavy atom. The van der Waals surface area contributed by atoms with Gasteiger partial charge < -0.3 is 9.64 Å². The van der Waals surface area contributed by atoms with Crippen molar-refractivity contribution in [1.82, 2.24) is 4.90 Å². The maximum Gasteiger partial charge on any atom is 0.331 e. The van der Waals surface area contributed by atoms with Gasteiger partial charge in [-0.1, -0.05) is 12.1 Å². The fourth-order valence-electron chi connectivity index (χ4n) is 1.85. The number of para-hydroxylation sites is 2. The first-order valence-electron chi connectivity index (χ1n) is 5.44. The number of ether oxygens (including phenoxy) is 1. The zero-order valence-corrected chi connectivity index (χ0v) is 9.84. The van der Waals surface area contributed by atoms with Crippen LogP contribution in [-0.4, -0.2) is 37.0 Å². The molecular weight excluding hydrogens is 220 g/mol. The maximum absolute atomic E-state index is 12.0. The lowest BCUT2D eigenvalue weighted by molar-refractivity contribution is -0.116. The molecule has 2 rings (SSSR count). The monoisotopic (exact) mass is 234 g/mol. The Balaban J connectivity index is 2.40. The fraction of sp³-hybridized carbons (Fsp3) is 0.333. The molecule has 1 aliphatic rings. The van der Waals surface area contributed by atoms with Gasteiger partial charge in [0.25, 0.3) is 5.91 Å². The Morgan fingerprint density at radius 1 is 1.29 bits per heavy atom. The van der Waals surface area contributed by atoms with Crippen LogP contribution in [0, 0.1) is 0 Å². The van der Waals surface area contributed by atoms with Gasteiger partial charge in [0.05, 0.1) is 12.8 Å². The van der Waals surface area contributed by atoms with E-state index in [1.165, 1.54) is 16.9 Å². The van der Waals surface area contributed by atoms with Crippen LogP contribution in [0.15, 0.2) is 24.3 Å². The number of benzene rings is 1. The van der Waals surface area contributed by atoms with Crippen molar-refractivity contribution in [3.8, 4) is 5.75 Å². The molecule has 5 heteroatoms. The molecule has 0 radical (unpaired) electrons. The van der Waals surface area contributed by atoms with E-state index in [1.54, 1.807) is 24.3 Å². The van der Waals surface area contributed by atoms with Gasteiger partial charge in [0, 0.05) is 6.54 Å². The average molecular weight is 234 g/mol. The summed E-state index contributed by atoms with van der Waals surface area (Å²) in [5, 5.41) is 0. The molecule has 1 heterocycles. The number of urea groups is 1. The summed E-state index contributed by atoms with van der Waals surface area (Å²) in [7, 11) is 1.52. The minimum atomic E-state index is -0.290. The summed E-state index contributed by atoms with van der Waals surface area (Å²) in [5.74, 6) is 0.300. The lowest BCUT2D eigenvalue weighted by Crippen LogP contribution is -2.33. The first-order valence-corrected chi connectivity index (χ1v) is 5.44. The molecule has 0 N–H and O–H groups in total. The molecule has 1 aliphatic heterocycles. The minimum absolute atomic E-state index is 0.132. The highest BCUT2D eigenvalue weighted by atomic mass is 16.5. The number of amides is 3. The number of hydrogen-bond donors (Lipinski definition) is 0. The second-order valence-corrected chi connectivity index (χ2v) is 3.70. The zero-order chi connectivity index (χ0) is 12.4. The number of carbonyl (C=O) groups is 2. The van der Waals surface area contributed by atoms with Crippen molar-refractivity contribution >= 4 is 17.6 Å². The van der Waals surface area contributed by atoms with Gasteiger partial charge in [-0.3, -0.25) is 4.79 Å². The zero-order valence-electron chi connectivity index (χ0n) is 9.84. The normalized spacial score (nSPS) is 15.6. The van der Waals surface area contributed by atoms with Gasteiger partial charge in [-0.15, -0.1) is 0 Å². The molecule has 1 aromatic carbocycles. The number of rotatable bonds is 3. The lowest BCUT2D eigenvalue weighted by Gasteiger charge is -2.17. The Morgan fingerprint density at radius 2 is 2.00 bits per heavy atom. The first-order chi connectivity index (χ1) is 8.19. The molecule has 5 nitrogen and oxygen atoms in total. The van der Waals surface area contributed by atoms with Crippen molar-refractivity contribution in [1.29, 1.82) is 0 Å². The van der Waals surface area contributed by atoms with Crippen LogP contribution < -0.4 is 9.64 Å². The van der Waals surface area contributed by atoms with Crippen LogP contribution in [0.3, 0.4) is 0 Å². The summed E-state index contributed by atoms with van der Waals surface area (Å²) >= 11 is 0. The highest BCUT2D eigenvalue weighted by molar-refractivity contribution is 6.20. The smallest absolute Gasteiger partial charge is 0.331 e. The predicted octanol–water partition coefficient (Wildman–Crippen LogP) is 1.48. The molecule has 1 fully saturated rings. The number of nitrogens with zero attached hydrogens (tertiary/aromatic N) is 2. The standard InChI is InChI=1S/C12H14N2O3/c1-3-13-8-11(15)14(12(13)16)9-6-4-5-7-10(9)17-2/h4-7H,3,8H2,1-2H3. The molecule has 1 aromatic rings. The summed E-state index contributed by atoms with van der Waals surface area (Å²) in [5.41, 5.74) is 0.501. The molecule has 0 saturated carbocycles. The summed E-state index contributed by atoms with van der Waals surface area (Å²) in [6, 6.07) is 6.71. The largest absolute Gasteiger partial charge is 0.495 e. The van der Waals surface area contributed by atoms with Gasteiger partial charge in [-0.2, -0.15) is 0 Å². The van der Waals surface area contributed by atoms with Crippen molar-refractivity contribution in [3.05, 3.63) is 24.3 Å². The van der Waals surface area contributed by atoms with Crippen LogP contribution in [0.5, 0.6) is 5.75 Å². The third-order valence-corrected chi connectivity index (χ3v) is 2.75. The lowest BCUT2D eigenvalue weighted by atomic mass is 10.2. The Bertz CT molecular complexity index is 459. The summed E-state index contributed by atoms with van der Waals surface area (Å²) < 4.78 is 5.16. The second kappa shape index (κ2) is 4.45. The van der Waals surface area contributed by atoms with E-state index in [9.17, 15) is 9.59 Å². The number of imide groups is 1. The third-order valence-electron chi connectivity index (χ3n) is 2.75. The number of hydrogen-bond acceptors (Lipinski definition) is 3. The second-order valence-electron chi connectivity index (χ2n) is 3.70. The van der Waals surface area contributed by atoms with Crippen LogP contribution in [0.25, 0.3) is 0 Å². The molecule has 0 spiro atoms. The highest BCUT2D eigenvalue weighted by Gasteiger charge is 2.37. The van der Waals surface area contributed by atoms with Gasteiger partial charge in [0.1, 0.15) is 12.3 Å². The summed E-state index contributed by atoms with van der Waals surface area (Å²) in [6.07, 6.45) is 0. The van der Waals surface area contributed by atoms with E-state index in [4.69, 9.17) is 4.74 Å². The van der Waals surface area contributed by atoms with Crippen LogP contribution in [0.2, 0.25) is 0 Å². The maximum atomic E-state index is 12.0. The van der Waals surface area contributed by atoms with E-state index in [0.717, 1.165) is 0 Å². The molecule has 17 heavy (non-hydrogen) atoms. The minimum Gasteiger partial charge on any atom is -0.495 e. The highest BCUT2D eigenvalue weighted by Crippen LogP contribution is 2.30.